The smallest absolute Gasteiger partial charge is 0.271 e. The molecule has 2 aromatic carbocycles. The second-order valence-corrected chi connectivity index (χ2v) is 6.07. The number of fused-ring (bicyclic) bond motifs is 1. The lowest BCUT2D eigenvalue weighted by Crippen LogP contribution is -2.30. The van der Waals surface area contributed by atoms with Gasteiger partial charge in [0.15, 0.2) is 0 Å². The van der Waals surface area contributed by atoms with Gasteiger partial charge in [0.2, 0.25) is 0 Å². The van der Waals surface area contributed by atoms with Crippen LogP contribution < -0.4 is 5.69 Å². The fraction of sp³-hybridized carbons (Fsp3) is 0.222. The van der Waals surface area contributed by atoms with Crippen LogP contribution in [0.5, 0.6) is 0 Å². The molecule has 0 saturated heterocycles. The van der Waals surface area contributed by atoms with E-state index in [4.69, 9.17) is 0 Å². The molecule has 0 radical (unpaired) electrons. The summed E-state index contributed by atoms with van der Waals surface area (Å²) < 4.78 is 42.9. The largest absolute Gasteiger partial charge is 0.351 e. The Hall–Kier alpha value is -2.83. The number of hydrogen-bond acceptors (Lipinski definition) is 2. The van der Waals surface area contributed by atoms with Gasteiger partial charge in [-0.2, -0.15) is 4.68 Å². The SMILES string of the molecule is O=c1n(-c2ccc(F)cc2)nc2n1[C@H](c1cc(F)cc(F)c1)CCC2. The lowest BCUT2D eigenvalue weighted by Gasteiger charge is -2.23. The number of rotatable bonds is 2. The number of aryl methyl sites for hydroxylation is 1. The quantitative estimate of drug-likeness (QED) is 0.714. The first-order valence-electron chi connectivity index (χ1n) is 7.95. The molecule has 1 aliphatic rings. The summed E-state index contributed by atoms with van der Waals surface area (Å²) in [7, 11) is 0. The van der Waals surface area contributed by atoms with Gasteiger partial charge in [0.25, 0.3) is 0 Å². The molecule has 0 fully saturated rings. The molecule has 1 aliphatic heterocycles. The predicted molar refractivity (Wildman–Crippen MR) is 85.2 cm³/mol. The molecule has 0 saturated carbocycles. The second-order valence-electron chi connectivity index (χ2n) is 6.07. The first-order chi connectivity index (χ1) is 12.0. The van der Waals surface area contributed by atoms with E-state index < -0.39 is 29.2 Å². The van der Waals surface area contributed by atoms with E-state index in [2.05, 4.69) is 5.10 Å². The number of halogens is 3. The Morgan fingerprint density at radius 2 is 1.64 bits per heavy atom. The van der Waals surface area contributed by atoms with Gasteiger partial charge in [-0.15, -0.1) is 5.10 Å². The molecule has 0 unspecified atom stereocenters. The van der Waals surface area contributed by atoms with Crippen molar-refractivity contribution >= 4 is 0 Å². The number of hydrogen-bond donors (Lipinski definition) is 0. The molecule has 4 rings (SSSR count). The molecule has 25 heavy (non-hydrogen) atoms. The Morgan fingerprint density at radius 3 is 2.32 bits per heavy atom. The summed E-state index contributed by atoms with van der Waals surface area (Å²) in [4.78, 5) is 12.8. The van der Waals surface area contributed by atoms with Gasteiger partial charge in [-0.3, -0.25) is 4.57 Å². The van der Waals surface area contributed by atoms with E-state index >= 15 is 0 Å². The van der Waals surface area contributed by atoms with Gasteiger partial charge in [-0.25, -0.2) is 18.0 Å². The molecule has 0 amide bonds. The molecule has 4 nitrogen and oxygen atoms in total. The highest BCUT2D eigenvalue weighted by atomic mass is 19.1. The highest BCUT2D eigenvalue weighted by Gasteiger charge is 2.27. The second kappa shape index (κ2) is 5.91. The van der Waals surface area contributed by atoms with E-state index in [-0.39, 0.29) is 0 Å². The molecule has 1 atom stereocenters. The Kier molecular flexibility index (Phi) is 3.71. The van der Waals surface area contributed by atoms with Crippen LogP contribution in [0.1, 0.15) is 30.3 Å². The van der Waals surface area contributed by atoms with Crippen molar-refractivity contribution < 1.29 is 13.2 Å². The molecule has 0 spiro atoms. The van der Waals surface area contributed by atoms with Crippen molar-refractivity contribution in [1.82, 2.24) is 14.3 Å². The molecule has 3 aromatic rings. The summed E-state index contributed by atoms with van der Waals surface area (Å²) in [6.45, 7) is 0. The van der Waals surface area contributed by atoms with Gasteiger partial charge in [0.1, 0.15) is 23.3 Å². The molecule has 128 valence electrons. The van der Waals surface area contributed by atoms with Crippen LogP contribution in [0, 0.1) is 17.5 Å². The lowest BCUT2D eigenvalue weighted by atomic mass is 9.97. The summed E-state index contributed by atoms with van der Waals surface area (Å²) in [5.74, 6) is -1.22. The first-order valence-corrected chi connectivity index (χ1v) is 7.95. The minimum atomic E-state index is -0.680. The molecule has 0 aliphatic carbocycles. The van der Waals surface area contributed by atoms with Crippen LogP contribution in [-0.4, -0.2) is 14.3 Å². The zero-order valence-corrected chi connectivity index (χ0v) is 13.1. The lowest BCUT2D eigenvalue weighted by molar-refractivity contribution is 0.436. The minimum Gasteiger partial charge on any atom is -0.271 e. The van der Waals surface area contributed by atoms with Gasteiger partial charge in [-0.1, -0.05) is 0 Å². The summed E-state index contributed by atoms with van der Waals surface area (Å²) in [6, 6.07) is 8.24. The maximum absolute atomic E-state index is 13.6. The van der Waals surface area contributed by atoms with Crippen LogP contribution in [0.4, 0.5) is 13.2 Å². The van der Waals surface area contributed by atoms with Crippen molar-refractivity contribution in [2.24, 2.45) is 0 Å². The van der Waals surface area contributed by atoms with Gasteiger partial charge in [0.05, 0.1) is 11.7 Å². The summed E-state index contributed by atoms with van der Waals surface area (Å²) in [6.07, 6.45) is 1.94. The van der Waals surface area contributed by atoms with E-state index in [1.165, 1.54) is 45.6 Å². The van der Waals surface area contributed by atoms with Crippen molar-refractivity contribution in [3.63, 3.8) is 0 Å². The van der Waals surface area contributed by atoms with E-state index in [1.54, 1.807) is 0 Å². The predicted octanol–water partition coefficient (Wildman–Crippen LogP) is 3.38. The molecule has 0 N–H and O–H groups in total. The van der Waals surface area contributed by atoms with Crippen LogP contribution in [0.15, 0.2) is 47.3 Å². The van der Waals surface area contributed by atoms with Crippen molar-refractivity contribution in [3.05, 3.63) is 81.8 Å². The summed E-state index contributed by atoms with van der Waals surface area (Å²) >= 11 is 0. The standard InChI is InChI=1S/C18H14F3N3O/c19-12-4-6-15(7-5-12)24-18(25)23-16(2-1-3-17(23)22-24)11-8-13(20)10-14(21)9-11/h4-10,16H,1-3H2/t16-/m0/s1. The number of aromatic nitrogens is 3. The van der Waals surface area contributed by atoms with Gasteiger partial charge in [0, 0.05) is 12.5 Å². The maximum Gasteiger partial charge on any atom is 0.351 e. The van der Waals surface area contributed by atoms with E-state index in [1.807, 2.05) is 0 Å². The third kappa shape index (κ3) is 2.75. The van der Waals surface area contributed by atoms with Crippen molar-refractivity contribution in [3.8, 4) is 5.69 Å². The molecular weight excluding hydrogens is 331 g/mol. The monoisotopic (exact) mass is 345 g/mol. The van der Waals surface area contributed by atoms with E-state index in [0.29, 0.717) is 29.9 Å². The highest BCUT2D eigenvalue weighted by Crippen LogP contribution is 2.29. The third-order valence-electron chi connectivity index (χ3n) is 4.41. The van der Waals surface area contributed by atoms with Crippen LogP contribution >= 0.6 is 0 Å². The molecule has 7 heteroatoms. The van der Waals surface area contributed by atoms with Crippen LogP contribution in [-0.2, 0) is 6.42 Å². The minimum absolute atomic E-state index is 0.402. The van der Waals surface area contributed by atoms with E-state index in [9.17, 15) is 18.0 Å². The van der Waals surface area contributed by atoms with Crippen molar-refractivity contribution in [2.75, 3.05) is 0 Å². The summed E-state index contributed by atoms with van der Waals surface area (Å²) in [5.41, 5.74) is 0.438. The fourth-order valence-corrected chi connectivity index (χ4v) is 3.32. The van der Waals surface area contributed by atoms with Crippen LogP contribution in [0.3, 0.4) is 0 Å². The number of benzene rings is 2. The Bertz CT molecular complexity index is 972. The molecule has 2 heterocycles. The zero-order valence-electron chi connectivity index (χ0n) is 13.1. The van der Waals surface area contributed by atoms with Gasteiger partial charge in [-0.05, 0) is 54.8 Å². The highest BCUT2D eigenvalue weighted by molar-refractivity contribution is 5.31. The normalized spacial score (nSPS) is 16.7. The third-order valence-corrected chi connectivity index (χ3v) is 4.41. The Balaban J connectivity index is 1.84. The maximum atomic E-state index is 13.6. The average molecular weight is 345 g/mol. The fourth-order valence-electron chi connectivity index (χ4n) is 3.32. The molecular formula is C18H14F3N3O. The number of nitrogens with zero attached hydrogens (tertiary/aromatic N) is 3. The van der Waals surface area contributed by atoms with Crippen molar-refractivity contribution in [2.45, 2.75) is 25.3 Å². The van der Waals surface area contributed by atoms with Crippen molar-refractivity contribution in [1.29, 1.82) is 0 Å². The zero-order chi connectivity index (χ0) is 17.6. The van der Waals surface area contributed by atoms with Gasteiger partial charge >= 0.3 is 5.69 Å². The van der Waals surface area contributed by atoms with E-state index in [0.717, 1.165) is 12.5 Å². The molecule has 1 aromatic heterocycles. The Morgan fingerprint density at radius 1 is 0.960 bits per heavy atom. The van der Waals surface area contributed by atoms with Crippen LogP contribution in [0.2, 0.25) is 0 Å². The van der Waals surface area contributed by atoms with Gasteiger partial charge < -0.3 is 0 Å². The molecule has 0 bridgehead atoms. The topological polar surface area (TPSA) is 39.8 Å². The Labute approximate surface area is 141 Å². The first kappa shape index (κ1) is 15.7. The van der Waals surface area contributed by atoms with Crippen LogP contribution in [0.25, 0.3) is 5.69 Å². The average Bonchev–Trinajstić information content (AvgIpc) is 2.92. The summed E-state index contributed by atoms with van der Waals surface area (Å²) in [5, 5.41) is 4.33.